The lowest BCUT2D eigenvalue weighted by Crippen LogP contribution is -2.31. The van der Waals surface area contributed by atoms with Crippen molar-refractivity contribution in [3.63, 3.8) is 0 Å². The van der Waals surface area contributed by atoms with Crippen molar-refractivity contribution in [3.8, 4) is 22.3 Å². The van der Waals surface area contributed by atoms with Crippen LogP contribution >= 0.6 is 0 Å². The van der Waals surface area contributed by atoms with Crippen LogP contribution in [0.5, 0.6) is 0 Å². The number of allylic oxidation sites excluding steroid dienone is 2. The summed E-state index contributed by atoms with van der Waals surface area (Å²) in [5.74, 6) is 0.482. The summed E-state index contributed by atoms with van der Waals surface area (Å²) in [6.45, 7) is 0. The average molecular weight is 533 g/mol. The fourth-order valence-electron chi connectivity index (χ4n) is 7.81. The summed E-state index contributed by atoms with van der Waals surface area (Å²) >= 11 is 0. The highest BCUT2D eigenvalue weighted by Gasteiger charge is 2.49. The molecule has 0 heteroatoms. The van der Waals surface area contributed by atoms with Crippen molar-refractivity contribution < 1.29 is 0 Å². The Morgan fingerprint density at radius 2 is 0.476 bits per heavy atom. The van der Waals surface area contributed by atoms with E-state index in [2.05, 4.69) is 158 Å². The maximum Gasteiger partial charge on any atom is 0.0209 e. The van der Waals surface area contributed by atoms with E-state index in [4.69, 9.17) is 0 Å². The van der Waals surface area contributed by atoms with E-state index < -0.39 is 0 Å². The van der Waals surface area contributed by atoms with E-state index in [1.165, 1.54) is 77.9 Å². The normalized spacial score (nSPS) is 17.8. The fourth-order valence-corrected chi connectivity index (χ4v) is 7.81. The van der Waals surface area contributed by atoms with E-state index in [0.29, 0.717) is 0 Å². The van der Waals surface area contributed by atoms with Gasteiger partial charge in [0.05, 0.1) is 0 Å². The maximum absolute atomic E-state index is 2.33. The van der Waals surface area contributed by atoms with Crippen LogP contribution in [0.3, 0.4) is 0 Å². The lowest BCUT2D eigenvalue weighted by molar-refractivity contribution is 0.592. The molecule has 0 unspecified atom stereocenters. The zero-order chi connectivity index (χ0) is 27.6. The summed E-state index contributed by atoms with van der Waals surface area (Å²) in [5.41, 5.74) is 19.2. The van der Waals surface area contributed by atoms with Gasteiger partial charge in [0.15, 0.2) is 0 Å². The molecule has 0 spiro atoms. The Morgan fingerprint density at radius 3 is 0.762 bits per heavy atom. The summed E-state index contributed by atoms with van der Waals surface area (Å²) in [7, 11) is 0. The zero-order valence-electron chi connectivity index (χ0n) is 23.2. The van der Waals surface area contributed by atoms with Crippen molar-refractivity contribution in [1.82, 2.24) is 0 Å². The summed E-state index contributed by atoms with van der Waals surface area (Å²) in [5, 5.41) is 0. The van der Waals surface area contributed by atoms with Crippen LogP contribution in [-0.4, -0.2) is 0 Å². The van der Waals surface area contributed by atoms with Gasteiger partial charge in [-0.3, -0.25) is 0 Å². The van der Waals surface area contributed by atoms with Crippen molar-refractivity contribution in [2.24, 2.45) is 0 Å². The van der Waals surface area contributed by atoms with Crippen molar-refractivity contribution >= 4 is 11.1 Å². The Morgan fingerprint density at radius 1 is 0.238 bits per heavy atom. The van der Waals surface area contributed by atoms with E-state index >= 15 is 0 Å². The highest BCUT2D eigenvalue weighted by Crippen LogP contribution is 2.66. The molecule has 0 N–H and O–H groups in total. The van der Waals surface area contributed by atoms with E-state index in [1.54, 1.807) is 0 Å². The summed E-state index contributed by atoms with van der Waals surface area (Å²) in [4.78, 5) is 0. The largest absolute Gasteiger partial charge is 0.0622 e. The van der Waals surface area contributed by atoms with Gasteiger partial charge in [0, 0.05) is 11.8 Å². The minimum absolute atomic E-state index is 0.241. The maximum atomic E-state index is 2.33. The summed E-state index contributed by atoms with van der Waals surface area (Å²) < 4.78 is 0. The van der Waals surface area contributed by atoms with Crippen LogP contribution < -0.4 is 0 Å². The first kappa shape index (κ1) is 23.5. The molecule has 0 radical (unpaired) electrons. The summed E-state index contributed by atoms with van der Waals surface area (Å²) in [6, 6.07) is 58.3. The predicted octanol–water partition coefficient (Wildman–Crippen LogP) is 10.5. The second-order valence-corrected chi connectivity index (χ2v) is 11.5. The van der Waals surface area contributed by atoms with Gasteiger partial charge < -0.3 is 0 Å². The highest BCUT2D eigenvalue weighted by molar-refractivity contribution is 6.09. The molecule has 6 aromatic carbocycles. The third-order valence-electron chi connectivity index (χ3n) is 9.47. The van der Waals surface area contributed by atoms with Crippen LogP contribution in [0.15, 0.2) is 169 Å². The van der Waals surface area contributed by atoms with Crippen LogP contribution in [-0.2, 0) is 0 Å². The summed E-state index contributed by atoms with van der Waals surface area (Å²) in [6.07, 6.45) is 0. The van der Waals surface area contributed by atoms with Crippen LogP contribution in [0.4, 0.5) is 0 Å². The minimum Gasteiger partial charge on any atom is -0.0622 e. The van der Waals surface area contributed by atoms with Gasteiger partial charge in [-0.2, -0.15) is 0 Å². The van der Waals surface area contributed by atoms with Gasteiger partial charge in [0.25, 0.3) is 0 Å². The Balaban J connectivity index is 1.46. The standard InChI is InChI=1S/C42H28/c1-3-15-27(16-4-1)37-38(28-17-5-2-6-18-28)42(40-35-25-13-9-21-31(35)32-22-10-14-26-36(32)40)41(37)39-33-23-11-7-19-29(33)30-20-8-12-24-34(30)39/h1-26,37-38H/t37-,38+. The lowest BCUT2D eigenvalue weighted by atomic mass is 9.56. The molecule has 1 saturated carbocycles. The van der Waals surface area contributed by atoms with Crippen molar-refractivity contribution in [2.45, 2.75) is 11.8 Å². The first-order valence-electron chi connectivity index (χ1n) is 14.9. The smallest absolute Gasteiger partial charge is 0.0209 e. The molecule has 3 aliphatic rings. The SMILES string of the molecule is c1ccc([C@H]2C(=C3c4ccccc4-c4ccccc43)C(=C3c4ccccc4-c4ccccc43)[C@H]2c2ccccc2)cc1. The molecule has 0 aliphatic heterocycles. The molecule has 0 amide bonds. The number of fused-ring (bicyclic) bond motifs is 6. The topological polar surface area (TPSA) is 0 Å². The number of benzene rings is 6. The average Bonchev–Trinajstić information content (AvgIpc) is 3.55. The van der Waals surface area contributed by atoms with Gasteiger partial charge in [-0.15, -0.1) is 0 Å². The van der Waals surface area contributed by atoms with Crippen LogP contribution in [0.25, 0.3) is 33.4 Å². The van der Waals surface area contributed by atoms with E-state index in [1.807, 2.05) is 0 Å². The molecule has 196 valence electrons. The molecular formula is C42H28. The quantitative estimate of drug-likeness (QED) is 0.208. The Hall–Kier alpha value is -5.20. The van der Waals surface area contributed by atoms with Gasteiger partial charge in [0.2, 0.25) is 0 Å². The number of rotatable bonds is 2. The Kier molecular flexibility index (Phi) is 5.12. The predicted molar refractivity (Wildman–Crippen MR) is 174 cm³/mol. The van der Waals surface area contributed by atoms with E-state index in [-0.39, 0.29) is 11.8 Å². The van der Waals surface area contributed by atoms with Crippen LogP contribution in [0, 0.1) is 0 Å². The molecule has 0 aromatic heterocycles. The van der Waals surface area contributed by atoms with E-state index in [0.717, 1.165) is 0 Å². The second kappa shape index (κ2) is 9.16. The molecule has 9 rings (SSSR count). The zero-order valence-corrected chi connectivity index (χ0v) is 23.2. The van der Waals surface area contributed by atoms with Gasteiger partial charge in [-0.05, 0) is 77.9 Å². The van der Waals surface area contributed by atoms with Crippen molar-refractivity contribution in [3.05, 3.63) is 202 Å². The molecule has 42 heavy (non-hydrogen) atoms. The fraction of sp³-hybridized carbons (Fsp3) is 0.0476. The molecule has 0 heterocycles. The number of hydrogen-bond acceptors (Lipinski definition) is 0. The molecule has 1 fully saturated rings. The molecule has 0 saturated heterocycles. The monoisotopic (exact) mass is 532 g/mol. The molecule has 0 bridgehead atoms. The highest BCUT2D eigenvalue weighted by atomic mass is 14.5. The molecule has 0 nitrogen and oxygen atoms in total. The first-order valence-corrected chi connectivity index (χ1v) is 14.9. The lowest BCUT2D eigenvalue weighted by Gasteiger charge is -2.46. The van der Waals surface area contributed by atoms with E-state index in [9.17, 15) is 0 Å². The van der Waals surface area contributed by atoms with Crippen LogP contribution in [0.1, 0.15) is 45.2 Å². The molecule has 6 aromatic rings. The van der Waals surface area contributed by atoms with Gasteiger partial charge in [-0.1, -0.05) is 158 Å². The van der Waals surface area contributed by atoms with Crippen LogP contribution in [0.2, 0.25) is 0 Å². The first-order chi connectivity index (χ1) is 20.9. The Bertz CT molecular complexity index is 1830. The minimum atomic E-state index is 0.241. The van der Waals surface area contributed by atoms with Crippen molar-refractivity contribution in [2.75, 3.05) is 0 Å². The Labute approximate surface area is 247 Å². The molecule has 3 aliphatic carbocycles. The van der Waals surface area contributed by atoms with Crippen molar-refractivity contribution in [1.29, 1.82) is 0 Å². The van der Waals surface area contributed by atoms with Gasteiger partial charge in [0.1, 0.15) is 0 Å². The molecular weight excluding hydrogens is 504 g/mol. The third-order valence-corrected chi connectivity index (χ3v) is 9.47. The number of hydrogen-bond donors (Lipinski definition) is 0. The van der Waals surface area contributed by atoms with Gasteiger partial charge >= 0.3 is 0 Å². The van der Waals surface area contributed by atoms with Gasteiger partial charge in [-0.25, -0.2) is 0 Å². The third kappa shape index (κ3) is 3.24. The second-order valence-electron chi connectivity index (χ2n) is 11.5. The molecule has 2 atom stereocenters.